The molecule has 1 aromatic rings. The third-order valence-corrected chi connectivity index (χ3v) is 3.65. The first-order valence-electron chi connectivity index (χ1n) is 6.89. The zero-order valence-corrected chi connectivity index (χ0v) is 12.2. The maximum atomic E-state index is 12.1. The van der Waals surface area contributed by atoms with E-state index in [0.717, 1.165) is 25.0 Å². The molecule has 1 N–H and O–H groups in total. The number of methoxy groups -OCH3 is 1. The molecule has 2 rings (SSSR count). The van der Waals surface area contributed by atoms with Crippen molar-refractivity contribution in [1.29, 1.82) is 0 Å². The monoisotopic (exact) mass is 261 g/mol. The standard InChI is InChI=1S/C16H23NO2/c1-16(2,3)15(18)17-14-7-5-6-11-10-12(19-4)8-9-13(11)14/h8-10,14H,5-7H2,1-4H3,(H,17,18)/t14-/m1/s1. The van der Waals surface area contributed by atoms with Crippen molar-refractivity contribution in [2.45, 2.75) is 46.1 Å². The van der Waals surface area contributed by atoms with E-state index in [1.165, 1.54) is 11.1 Å². The number of carbonyl (C=O) groups excluding carboxylic acids is 1. The molecule has 1 aliphatic rings. The normalized spacial score (nSPS) is 18.6. The maximum Gasteiger partial charge on any atom is 0.225 e. The van der Waals surface area contributed by atoms with E-state index in [-0.39, 0.29) is 17.4 Å². The number of amides is 1. The van der Waals surface area contributed by atoms with Gasteiger partial charge in [0, 0.05) is 5.41 Å². The Balaban J connectivity index is 2.21. The molecule has 1 atom stereocenters. The minimum Gasteiger partial charge on any atom is -0.497 e. The van der Waals surface area contributed by atoms with Crippen LogP contribution in [0.15, 0.2) is 18.2 Å². The summed E-state index contributed by atoms with van der Waals surface area (Å²) in [5, 5.41) is 3.17. The van der Waals surface area contributed by atoms with Crippen molar-refractivity contribution < 1.29 is 9.53 Å². The van der Waals surface area contributed by atoms with E-state index >= 15 is 0 Å². The second-order valence-electron chi connectivity index (χ2n) is 6.23. The highest BCUT2D eigenvalue weighted by Gasteiger charge is 2.27. The van der Waals surface area contributed by atoms with Crippen LogP contribution in [0.1, 0.15) is 50.8 Å². The largest absolute Gasteiger partial charge is 0.497 e. The number of ether oxygens (including phenoxy) is 1. The van der Waals surface area contributed by atoms with Gasteiger partial charge in [0.25, 0.3) is 0 Å². The lowest BCUT2D eigenvalue weighted by Gasteiger charge is -2.29. The van der Waals surface area contributed by atoms with Crippen molar-refractivity contribution in [3.63, 3.8) is 0 Å². The minimum atomic E-state index is -0.343. The molecule has 0 heterocycles. The molecule has 3 nitrogen and oxygen atoms in total. The molecule has 1 aliphatic carbocycles. The van der Waals surface area contributed by atoms with Crippen LogP contribution in [0.2, 0.25) is 0 Å². The van der Waals surface area contributed by atoms with Gasteiger partial charge in [-0.05, 0) is 42.5 Å². The van der Waals surface area contributed by atoms with Gasteiger partial charge in [0.1, 0.15) is 5.75 Å². The molecule has 0 saturated carbocycles. The van der Waals surface area contributed by atoms with Gasteiger partial charge in [-0.2, -0.15) is 0 Å². The molecule has 0 radical (unpaired) electrons. The van der Waals surface area contributed by atoms with Crippen molar-refractivity contribution in [2.24, 2.45) is 5.41 Å². The van der Waals surface area contributed by atoms with Crippen LogP contribution < -0.4 is 10.1 Å². The quantitative estimate of drug-likeness (QED) is 0.887. The van der Waals surface area contributed by atoms with E-state index in [1.54, 1.807) is 7.11 Å². The van der Waals surface area contributed by atoms with Crippen LogP contribution in [0.5, 0.6) is 5.75 Å². The van der Waals surface area contributed by atoms with Gasteiger partial charge < -0.3 is 10.1 Å². The summed E-state index contributed by atoms with van der Waals surface area (Å²) in [6.45, 7) is 5.83. The second-order valence-corrected chi connectivity index (χ2v) is 6.23. The lowest BCUT2D eigenvalue weighted by molar-refractivity contribution is -0.129. The summed E-state index contributed by atoms with van der Waals surface area (Å²) in [6, 6.07) is 6.29. The number of carbonyl (C=O) groups is 1. The van der Waals surface area contributed by atoms with Gasteiger partial charge in [0.05, 0.1) is 13.2 Å². The van der Waals surface area contributed by atoms with Crippen molar-refractivity contribution in [3.05, 3.63) is 29.3 Å². The fourth-order valence-corrected chi connectivity index (χ4v) is 2.44. The summed E-state index contributed by atoms with van der Waals surface area (Å²) in [5.74, 6) is 1.00. The Bertz CT molecular complexity index is 474. The highest BCUT2D eigenvalue weighted by molar-refractivity contribution is 5.81. The van der Waals surface area contributed by atoms with Gasteiger partial charge in [-0.25, -0.2) is 0 Å². The summed E-state index contributed by atoms with van der Waals surface area (Å²) in [7, 11) is 1.68. The lowest BCUT2D eigenvalue weighted by atomic mass is 9.86. The fourth-order valence-electron chi connectivity index (χ4n) is 2.44. The topological polar surface area (TPSA) is 38.3 Å². The first-order valence-corrected chi connectivity index (χ1v) is 6.89. The van der Waals surface area contributed by atoms with E-state index in [1.807, 2.05) is 26.8 Å². The van der Waals surface area contributed by atoms with Crippen molar-refractivity contribution in [1.82, 2.24) is 5.32 Å². The third kappa shape index (κ3) is 3.09. The van der Waals surface area contributed by atoms with Gasteiger partial charge in [-0.3, -0.25) is 4.79 Å². The van der Waals surface area contributed by atoms with Crippen LogP contribution in [-0.4, -0.2) is 13.0 Å². The molecule has 0 aromatic heterocycles. The Kier molecular flexibility index (Phi) is 3.83. The molecule has 0 saturated heterocycles. The molecule has 104 valence electrons. The Morgan fingerprint density at radius 2 is 2.11 bits per heavy atom. The summed E-state index contributed by atoms with van der Waals surface area (Å²) >= 11 is 0. The van der Waals surface area contributed by atoms with Crippen LogP contribution >= 0.6 is 0 Å². The summed E-state index contributed by atoms with van der Waals surface area (Å²) in [5.41, 5.74) is 2.19. The average Bonchev–Trinajstić information content (AvgIpc) is 2.37. The number of fused-ring (bicyclic) bond motifs is 1. The third-order valence-electron chi connectivity index (χ3n) is 3.65. The zero-order chi connectivity index (χ0) is 14.0. The van der Waals surface area contributed by atoms with Crippen LogP contribution in [0, 0.1) is 5.41 Å². The Labute approximate surface area is 115 Å². The van der Waals surface area contributed by atoms with Crippen LogP contribution in [0.3, 0.4) is 0 Å². The number of nitrogens with one attached hydrogen (secondary N) is 1. The maximum absolute atomic E-state index is 12.1. The number of hydrogen-bond donors (Lipinski definition) is 1. The first-order chi connectivity index (χ1) is 8.91. The van der Waals surface area contributed by atoms with Crippen LogP contribution in [-0.2, 0) is 11.2 Å². The number of hydrogen-bond acceptors (Lipinski definition) is 2. The molecule has 1 amide bonds. The van der Waals surface area contributed by atoms with E-state index in [9.17, 15) is 4.79 Å². The highest BCUT2D eigenvalue weighted by atomic mass is 16.5. The number of aryl methyl sites for hydroxylation is 1. The molecular weight excluding hydrogens is 238 g/mol. The van der Waals surface area contributed by atoms with E-state index in [4.69, 9.17) is 4.74 Å². The molecule has 0 aliphatic heterocycles. The number of benzene rings is 1. The van der Waals surface area contributed by atoms with E-state index in [0.29, 0.717) is 0 Å². The summed E-state index contributed by atoms with van der Waals surface area (Å²) in [6.07, 6.45) is 3.19. The predicted octanol–water partition coefficient (Wildman–Crippen LogP) is 3.23. The molecule has 19 heavy (non-hydrogen) atoms. The predicted molar refractivity (Wildman–Crippen MR) is 76.3 cm³/mol. The number of rotatable bonds is 2. The van der Waals surface area contributed by atoms with Crippen LogP contribution in [0.4, 0.5) is 0 Å². The highest BCUT2D eigenvalue weighted by Crippen LogP contribution is 2.32. The van der Waals surface area contributed by atoms with Gasteiger partial charge in [0.15, 0.2) is 0 Å². The van der Waals surface area contributed by atoms with E-state index in [2.05, 4.69) is 17.4 Å². The van der Waals surface area contributed by atoms with Gasteiger partial charge in [0.2, 0.25) is 5.91 Å². The first kappa shape index (κ1) is 13.9. The van der Waals surface area contributed by atoms with Gasteiger partial charge >= 0.3 is 0 Å². The van der Waals surface area contributed by atoms with Crippen LogP contribution in [0.25, 0.3) is 0 Å². The molecule has 1 aromatic carbocycles. The Hall–Kier alpha value is -1.51. The molecule has 0 bridgehead atoms. The molecular formula is C16H23NO2. The Morgan fingerprint density at radius 3 is 2.74 bits per heavy atom. The van der Waals surface area contributed by atoms with Crippen molar-refractivity contribution in [2.75, 3.05) is 7.11 Å². The van der Waals surface area contributed by atoms with Crippen molar-refractivity contribution in [3.8, 4) is 5.75 Å². The summed E-state index contributed by atoms with van der Waals surface area (Å²) in [4.78, 5) is 12.1. The molecule has 0 fully saturated rings. The Morgan fingerprint density at radius 1 is 1.37 bits per heavy atom. The SMILES string of the molecule is COc1ccc2c(c1)CCC[C@H]2NC(=O)C(C)(C)C. The molecule has 0 unspecified atom stereocenters. The minimum absolute atomic E-state index is 0.112. The molecule has 3 heteroatoms. The van der Waals surface area contributed by atoms with Gasteiger partial charge in [-0.15, -0.1) is 0 Å². The smallest absolute Gasteiger partial charge is 0.225 e. The summed E-state index contributed by atoms with van der Waals surface area (Å²) < 4.78 is 5.26. The second kappa shape index (κ2) is 5.24. The van der Waals surface area contributed by atoms with Gasteiger partial charge in [-0.1, -0.05) is 26.8 Å². The fraction of sp³-hybridized carbons (Fsp3) is 0.562. The zero-order valence-electron chi connectivity index (χ0n) is 12.2. The van der Waals surface area contributed by atoms with E-state index < -0.39 is 0 Å². The lowest BCUT2D eigenvalue weighted by Crippen LogP contribution is -2.38. The van der Waals surface area contributed by atoms with Crippen molar-refractivity contribution >= 4 is 5.91 Å². The molecule has 0 spiro atoms. The average molecular weight is 261 g/mol.